The van der Waals surface area contributed by atoms with Gasteiger partial charge in [0.15, 0.2) is 0 Å². The molecule has 0 spiro atoms. The van der Waals surface area contributed by atoms with Gasteiger partial charge in [-0.2, -0.15) is 0 Å². The van der Waals surface area contributed by atoms with Crippen LogP contribution in [0.15, 0.2) is 86.0 Å². The minimum Gasteiger partial charge on any atom is -0.486 e. The number of hydrogen-bond acceptors (Lipinski definition) is 9. The van der Waals surface area contributed by atoms with Crippen molar-refractivity contribution in [2.45, 2.75) is 39.9 Å². The summed E-state index contributed by atoms with van der Waals surface area (Å²) < 4.78 is 16.7. The van der Waals surface area contributed by atoms with E-state index < -0.39 is 92.5 Å². The fourth-order valence-electron chi connectivity index (χ4n) is 5.61. The van der Waals surface area contributed by atoms with E-state index in [0.29, 0.717) is 0 Å². The van der Waals surface area contributed by atoms with E-state index in [0.717, 1.165) is 46.5 Å². The summed E-state index contributed by atoms with van der Waals surface area (Å²) in [5.41, 5.74) is -1.90. The van der Waals surface area contributed by atoms with Gasteiger partial charge < -0.3 is 34.6 Å². The van der Waals surface area contributed by atoms with Gasteiger partial charge in [0.25, 0.3) is 0 Å². The molecular formula is C40H34O13. The Balaban J connectivity index is 1.75. The molecule has 272 valence electrons. The summed E-state index contributed by atoms with van der Waals surface area (Å²) in [5.74, 6) is -9.23. The summed E-state index contributed by atoms with van der Waals surface area (Å²) in [6.45, 7) is 14.0. The third kappa shape index (κ3) is 8.48. The monoisotopic (exact) mass is 722 g/mol. The zero-order valence-corrected chi connectivity index (χ0v) is 29.0. The van der Waals surface area contributed by atoms with Crippen LogP contribution in [0.5, 0.6) is 11.5 Å². The molecule has 4 rings (SSSR count). The van der Waals surface area contributed by atoms with E-state index in [4.69, 9.17) is 14.2 Å². The summed E-state index contributed by atoms with van der Waals surface area (Å²) in [7, 11) is 0. The largest absolute Gasteiger partial charge is 0.486 e. The predicted molar refractivity (Wildman–Crippen MR) is 191 cm³/mol. The number of carboxylic acid groups (broad SMARTS) is 4. The Morgan fingerprint density at radius 2 is 0.792 bits per heavy atom. The molecule has 0 aliphatic carbocycles. The topological polar surface area (TPSA) is 211 Å². The first kappa shape index (κ1) is 38.8. The maximum atomic E-state index is 13.5. The molecule has 13 nitrogen and oxygen atoms in total. The Bertz CT molecular complexity index is 2020. The Labute approximate surface area is 303 Å². The molecule has 0 saturated heterocycles. The predicted octanol–water partition coefficient (Wildman–Crippen LogP) is 7.82. The standard InChI is InChI=1S/C40H34O13/c1-19(2)23-7-11-25(12-8-23)51-21(5)31-27(35(41)42)15-17-29(33(31)37(45)46)39(49)53-40(50)30-18-16-28(36(43)44)32(34(30)38(47)48)22(6)52-26-13-9-24(10-14-26)20(3)4/h7-18,21-22H,1,3H2,2,4-6H3,(H,41,42)(H,43,44)(H,45,46)(H,47,48). The zero-order chi connectivity index (χ0) is 39.3. The average Bonchev–Trinajstić information content (AvgIpc) is 3.10. The highest BCUT2D eigenvalue weighted by atomic mass is 16.6. The van der Waals surface area contributed by atoms with Crippen LogP contribution in [0.1, 0.15) is 124 Å². The van der Waals surface area contributed by atoms with Gasteiger partial charge in [0, 0.05) is 11.1 Å². The van der Waals surface area contributed by atoms with Gasteiger partial charge in [0.05, 0.1) is 33.4 Å². The molecule has 0 bridgehead atoms. The van der Waals surface area contributed by atoms with Crippen LogP contribution in [-0.2, 0) is 4.74 Å². The van der Waals surface area contributed by atoms with Gasteiger partial charge in [-0.05, 0) is 87.4 Å². The second-order valence-corrected chi connectivity index (χ2v) is 11.9. The maximum Gasteiger partial charge on any atom is 0.346 e. The third-order valence-corrected chi connectivity index (χ3v) is 8.14. The van der Waals surface area contributed by atoms with Crippen LogP contribution < -0.4 is 9.47 Å². The zero-order valence-electron chi connectivity index (χ0n) is 29.0. The van der Waals surface area contributed by atoms with Gasteiger partial charge >= 0.3 is 35.8 Å². The lowest BCUT2D eigenvalue weighted by molar-refractivity contribution is 0.0384. The van der Waals surface area contributed by atoms with Crippen LogP contribution in [0, 0.1) is 0 Å². The highest BCUT2D eigenvalue weighted by molar-refractivity contribution is 6.13. The number of hydrogen-bond donors (Lipinski definition) is 4. The number of ether oxygens (including phenoxy) is 3. The molecule has 2 atom stereocenters. The van der Waals surface area contributed by atoms with Gasteiger partial charge in [-0.1, -0.05) is 48.6 Å². The molecule has 0 amide bonds. The highest BCUT2D eigenvalue weighted by Crippen LogP contribution is 2.33. The lowest BCUT2D eigenvalue weighted by Gasteiger charge is -2.21. The van der Waals surface area contributed by atoms with Crippen LogP contribution >= 0.6 is 0 Å². The maximum absolute atomic E-state index is 13.5. The third-order valence-electron chi connectivity index (χ3n) is 8.14. The molecule has 0 heterocycles. The SMILES string of the molecule is C=C(C)c1ccc(OC(C)c2c(C(=O)O)ccc(C(=O)OC(=O)c3ccc(C(=O)O)c(C(C)Oc4ccc(C(=C)C)cc4)c3C(=O)O)c2C(=O)O)cc1. The summed E-state index contributed by atoms with van der Waals surface area (Å²) >= 11 is 0. The normalized spacial score (nSPS) is 11.8. The Morgan fingerprint density at radius 3 is 1.06 bits per heavy atom. The number of carbonyl (C=O) groups excluding carboxylic acids is 2. The van der Waals surface area contributed by atoms with E-state index in [9.17, 15) is 49.2 Å². The molecule has 0 aliphatic rings. The van der Waals surface area contributed by atoms with Crippen molar-refractivity contribution in [2.75, 3.05) is 0 Å². The molecule has 4 aromatic carbocycles. The number of aromatic carboxylic acids is 4. The molecule has 0 aromatic heterocycles. The number of esters is 2. The van der Waals surface area contributed by atoms with Crippen molar-refractivity contribution < 1.29 is 63.4 Å². The minimum atomic E-state index is -1.75. The first-order chi connectivity index (χ1) is 24.9. The number of benzene rings is 4. The van der Waals surface area contributed by atoms with Crippen molar-refractivity contribution in [1.82, 2.24) is 0 Å². The number of carbonyl (C=O) groups is 6. The Kier molecular flexibility index (Phi) is 11.6. The molecule has 0 aliphatic heterocycles. The fourth-order valence-corrected chi connectivity index (χ4v) is 5.61. The second kappa shape index (κ2) is 15.9. The van der Waals surface area contributed by atoms with E-state index in [-0.39, 0.29) is 11.5 Å². The van der Waals surface area contributed by atoms with Gasteiger partial charge in [-0.3, -0.25) is 0 Å². The van der Waals surface area contributed by atoms with Gasteiger partial charge in [-0.25, -0.2) is 28.8 Å². The highest BCUT2D eigenvalue weighted by Gasteiger charge is 2.34. The minimum absolute atomic E-state index is 0.238. The van der Waals surface area contributed by atoms with E-state index in [1.165, 1.54) is 13.8 Å². The average molecular weight is 723 g/mol. The van der Waals surface area contributed by atoms with Gasteiger partial charge in [0.1, 0.15) is 23.7 Å². The van der Waals surface area contributed by atoms with Crippen molar-refractivity contribution in [2.24, 2.45) is 0 Å². The molecule has 0 fully saturated rings. The van der Waals surface area contributed by atoms with Crippen molar-refractivity contribution >= 4 is 47.0 Å². The first-order valence-electron chi connectivity index (χ1n) is 15.8. The Hall–Kier alpha value is -7.02. The second-order valence-electron chi connectivity index (χ2n) is 11.9. The molecule has 2 unspecified atom stereocenters. The molecule has 0 saturated carbocycles. The molecule has 53 heavy (non-hydrogen) atoms. The molecular weight excluding hydrogens is 688 g/mol. The number of carboxylic acids is 4. The van der Waals surface area contributed by atoms with Crippen molar-refractivity contribution in [3.05, 3.63) is 142 Å². The fraction of sp³-hybridized carbons (Fsp3) is 0.150. The number of allylic oxidation sites excluding steroid dienone is 2. The summed E-state index contributed by atoms with van der Waals surface area (Å²) in [6, 6.07) is 16.6. The van der Waals surface area contributed by atoms with Crippen molar-refractivity contribution in [1.29, 1.82) is 0 Å². The van der Waals surface area contributed by atoms with Crippen molar-refractivity contribution in [3.8, 4) is 11.5 Å². The van der Waals surface area contributed by atoms with Crippen LogP contribution in [0.2, 0.25) is 0 Å². The van der Waals surface area contributed by atoms with Crippen LogP contribution in [0.4, 0.5) is 0 Å². The van der Waals surface area contributed by atoms with Crippen LogP contribution in [0.25, 0.3) is 11.1 Å². The van der Waals surface area contributed by atoms with Crippen LogP contribution in [-0.4, -0.2) is 56.2 Å². The lowest BCUT2D eigenvalue weighted by Crippen LogP contribution is -2.24. The summed E-state index contributed by atoms with van der Waals surface area (Å²) in [4.78, 5) is 76.6. The smallest absolute Gasteiger partial charge is 0.346 e. The van der Waals surface area contributed by atoms with E-state index in [1.807, 2.05) is 0 Å². The van der Waals surface area contributed by atoms with E-state index in [1.54, 1.807) is 62.4 Å². The van der Waals surface area contributed by atoms with Crippen molar-refractivity contribution in [3.63, 3.8) is 0 Å². The van der Waals surface area contributed by atoms with Gasteiger partial charge in [-0.15, -0.1) is 0 Å². The summed E-state index contributed by atoms with van der Waals surface area (Å²) in [5, 5.41) is 40.3. The first-order valence-corrected chi connectivity index (χ1v) is 15.8. The quantitative estimate of drug-likeness (QED) is 0.0723. The molecule has 0 radical (unpaired) electrons. The van der Waals surface area contributed by atoms with Crippen LogP contribution in [0.3, 0.4) is 0 Å². The van der Waals surface area contributed by atoms with Gasteiger partial charge in [0.2, 0.25) is 0 Å². The van der Waals surface area contributed by atoms with E-state index in [2.05, 4.69) is 13.2 Å². The molecule has 4 aromatic rings. The summed E-state index contributed by atoms with van der Waals surface area (Å²) in [6.07, 6.45) is -2.54. The van der Waals surface area contributed by atoms with E-state index >= 15 is 0 Å². The molecule has 4 N–H and O–H groups in total. The lowest BCUT2D eigenvalue weighted by atomic mass is 9.91. The number of rotatable bonds is 14. The Morgan fingerprint density at radius 1 is 0.491 bits per heavy atom. The molecule has 13 heteroatoms.